The maximum absolute atomic E-state index is 11.5. The zero-order valence-corrected chi connectivity index (χ0v) is 11.8. The molecular weight excluding hydrogens is 318 g/mol. The molecule has 4 nitrogen and oxygen atoms in total. The number of aliphatic hydroxyl groups excluding tert-OH is 1. The molecule has 2 N–H and O–H groups in total. The number of fused-ring (bicyclic) bond motifs is 1. The summed E-state index contributed by atoms with van der Waals surface area (Å²) in [7, 11) is -3.47. The van der Waals surface area contributed by atoms with Crippen LogP contribution in [-0.4, -0.2) is 25.9 Å². The Morgan fingerprint density at radius 2 is 1.78 bits per heavy atom. The number of hydrogen-bond donors (Lipinski definition) is 2. The standard InChI is InChI=1S/C12H12BrNO3S/c13-11-3-1-10-8-12(4-2-9(10)7-11)14-18(16,17)6-5-15/h1-4,7-8,14-15H,5-6H2. The Balaban J connectivity index is 2.33. The molecule has 0 aliphatic heterocycles. The van der Waals surface area contributed by atoms with Crippen LogP contribution in [0.5, 0.6) is 0 Å². The molecule has 18 heavy (non-hydrogen) atoms. The molecule has 2 aromatic carbocycles. The third-order valence-corrected chi connectivity index (χ3v) is 4.20. The summed E-state index contributed by atoms with van der Waals surface area (Å²) in [6, 6.07) is 11.1. The first-order valence-electron chi connectivity index (χ1n) is 5.31. The van der Waals surface area contributed by atoms with Gasteiger partial charge >= 0.3 is 0 Å². The third-order valence-electron chi connectivity index (χ3n) is 2.44. The zero-order chi connectivity index (χ0) is 13.2. The van der Waals surface area contributed by atoms with E-state index < -0.39 is 16.6 Å². The first-order valence-corrected chi connectivity index (χ1v) is 7.75. The van der Waals surface area contributed by atoms with Crippen LogP contribution in [0.4, 0.5) is 5.69 Å². The second-order valence-electron chi connectivity index (χ2n) is 3.85. The van der Waals surface area contributed by atoms with Gasteiger partial charge in [-0.2, -0.15) is 0 Å². The van der Waals surface area contributed by atoms with Gasteiger partial charge in [0, 0.05) is 10.2 Å². The summed E-state index contributed by atoms with van der Waals surface area (Å²) in [4.78, 5) is 0. The summed E-state index contributed by atoms with van der Waals surface area (Å²) in [5.41, 5.74) is 0.498. The van der Waals surface area contributed by atoms with Crippen molar-refractivity contribution >= 4 is 42.4 Å². The van der Waals surface area contributed by atoms with Crippen LogP contribution in [0.1, 0.15) is 0 Å². The molecular formula is C12H12BrNO3S. The van der Waals surface area contributed by atoms with Crippen molar-refractivity contribution < 1.29 is 13.5 Å². The second-order valence-corrected chi connectivity index (χ2v) is 6.61. The molecule has 0 saturated heterocycles. The van der Waals surface area contributed by atoms with Gasteiger partial charge in [0.25, 0.3) is 0 Å². The average Bonchev–Trinajstić information content (AvgIpc) is 2.28. The number of sulfonamides is 1. The fourth-order valence-corrected chi connectivity index (χ4v) is 2.84. The summed E-state index contributed by atoms with van der Waals surface area (Å²) < 4.78 is 26.4. The van der Waals surface area contributed by atoms with Crippen LogP contribution in [0, 0.1) is 0 Å². The van der Waals surface area contributed by atoms with Gasteiger partial charge in [-0.1, -0.05) is 28.1 Å². The third kappa shape index (κ3) is 3.22. The van der Waals surface area contributed by atoms with Gasteiger partial charge in [-0.25, -0.2) is 8.42 Å². The minimum Gasteiger partial charge on any atom is -0.395 e. The lowest BCUT2D eigenvalue weighted by atomic mass is 10.1. The Morgan fingerprint density at radius 1 is 1.11 bits per heavy atom. The first-order chi connectivity index (χ1) is 8.50. The smallest absolute Gasteiger partial charge is 0.234 e. The molecule has 2 aromatic rings. The van der Waals surface area contributed by atoms with Gasteiger partial charge in [-0.3, -0.25) is 4.72 Å². The van der Waals surface area contributed by atoms with Crippen LogP contribution in [0.3, 0.4) is 0 Å². The lowest BCUT2D eigenvalue weighted by molar-refractivity contribution is 0.320. The monoisotopic (exact) mass is 329 g/mol. The van der Waals surface area contributed by atoms with Crippen LogP contribution in [0.2, 0.25) is 0 Å². The van der Waals surface area contributed by atoms with Crippen LogP contribution < -0.4 is 4.72 Å². The fourth-order valence-electron chi connectivity index (χ4n) is 1.63. The van der Waals surface area contributed by atoms with Crippen LogP contribution in [0.25, 0.3) is 10.8 Å². The number of benzene rings is 2. The Bertz CT molecular complexity index is 670. The van der Waals surface area contributed by atoms with Crippen molar-refractivity contribution in [1.29, 1.82) is 0 Å². The van der Waals surface area contributed by atoms with E-state index in [1.165, 1.54) is 0 Å². The normalized spacial score (nSPS) is 11.7. The van der Waals surface area contributed by atoms with Gasteiger partial charge in [0.15, 0.2) is 0 Å². The Morgan fingerprint density at radius 3 is 2.50 bits per heavy atom. The molecule has 96 valence electrons. The van der Waals surface area contributed by atoms with E-state index in [0.717, 1.165) is 15.2 Å². The van der Waals surface area contributed by atoms with Crippen molar-refractivity contribution in [2.24, 2.45) is 0 Å². The number of hydrogen-bond acceptors (Lipinski definition) is 3. The van der Waals surface area contributed by atoms with Crippen molar-refractivity contribution in [3.05, 3.63) is 40.9 Å². The van der Waals surface area contributed by atoms with Crippen molar-refractivity contribution in [2.45, 2.75) is 0 Å². The molecule has 6 heteroatoms. The number of rotatable bonds is 4. The van der Waals surface area contributed by atoms with Crippen LogP contribution >= 0.6 is 15.9 Å². The van der Waals surface area contributed by atoms with Crippen LogP contribution in [-0.2, 0) is 10.0 Å². The minimum atomic E-state index is -3.47. The molecule has 0 fully saturated rings. The Labute approximate surface area is 114 Å². The number of aliphatic hydroxyl groups is 1. The van der Waals surface area contributed by atoms with E-state index in [9.17, 15) is 8.42 Å². The van der Waals surface area contributed by atoms with E-state index in [4.69, 9.17) is 5.11 Å². The molecule has 0 amide bonds. The van der Waals surface area contributed by atoms with E-state index in [1.54, 1.807) is 12.1 Å². The summed E-state index contributed by atoms with van der Waals surface area (Å²) in [5.74, 6) is -0.300. The number of halogens is 1. The molecule has 0 unspecified atom stereocenters. The highest BCUT2D eigenvalue weighted by Gasteiger charge is 2.09. The molecule has 0 heterocycles. The summed E-state index contributed by atoms with van der Waals surface area (Å²) >= 11 is 3.38. The van der Waals surface area contributed by atoms with E-state index >= 15 is 0 Å². The van der Waals surface area contributed by atoms with E-state index in [-0.39, 0.29) is 5.75 Å². The SMILES string of the molecule is O=S(=O)(CCO)Nc1ccc2cc(Br)ccc2c1. The quantitative estimate of drug-likeness (QED) is 0.904. The van der Waals surface area contributed by atoms with Crippen molar-refractivity contribution in [3.8, 4) is 0 Å². The van der Waals surface area contributed by atoms with E-state index in [2.05, 4.69) is 20.7 Å². The predicted molar refractivity (Wildman–Crippen MR) is 76.1 cm³/mol. The second kappa shape index (κ2) is 5.26. The van der Waals surface area contributed by atoms with Gasteiger partial charge in [0.2, 0.25) is 10.0 Å². The maximum Gasteiger partial charge on any atom is 0.234 e. The summed E-state index contributed by atoms with van der Waals surface area (Å²) in [6.07, 6.45) is 0. The highest BCUT2D eigenvalue weighted by atomic mass is 79.9. The molecule has 0 saturated carbocycles. The van der Waals surface area contributed by atoms with Crippen molar-refractivity contribution in [3.63, 3.8) is 0 Å². The summed E-state index contributed by atoms with van der Waals surface area (Å²) in [6.45, 7) is -0.393. The van der Waals surface area contributed by atoms with Crippen LogP contribution in [0.15, 0.2) is 40.9 Å². The van der Waals surface area contributed by atoms with E-state index in [0.29, 0.717) is 5.69 Å². The number of anilines is 1. The lowest BCUT2D eigenvalue weighted by Gasteiger charge is -2.08. The molecule has 0 atom stereocenters. The van der Waals surface area contributed by atoms with Gasteiger partial charge < -0.3 is 5.11 Å². The van der Waals surface area contributed by atoms with Gasteiger partial charge in [-0.05, 0) is 35.0 Å². The first kappa shape index (κ1) is 13.3. The molecule has 0 radical (unpaired) electrons. The molecule has 0 aliphatic carbocycles. The van der Waals surface area contributed by atoms with E-state index in [1.807, 2.05) is 24.3 Å². The average molecular weight is 330 g/mol. The van der Waals surface area contributed by atoms with Gasteiger partial charge in [0.1, 0.15) is 0 Å². The Kier molecular flexibility index (Phi) is 3.89. The zero-order valence-electron chi connectivity index (χ0n) is 9.43. The Hall–Kier alpha value is -1.11. The fraction of sp³-hybridized carbons (Fsp3) is 0.167. The molecule has 0 bridgehead atoms. The topological polar surface area (TPSA) is 66.4 Å². The molecule has 0 spiro atoms. The maximum atomic E-state index is 11.5. The summed E-state index contributed by atoms with van der Waals surface area (Å²) in [5, 5.41) is 10.6. The predicted octanol–water partition coefficient (Wildman–Crippen LogP) is 2.34. The van der Waals surface area contributed by atoms with Crippen molar-refractivity contribution in [1.82, 2.24) is 0 Å². The van der Waals surface area contributed by atoms with Crippen molar-refractivity contribution in [2.75, 3.05) is 17.1 Å². The largest absolute Gasteiger partial charge is 0.395 e. The van der Waals surface area contributed by atoms with Gasteiger partial charge in [-0.15, -0.1) is 0 Å². The minimum absolute atomic E-state index is 0.300. The highest BCUT2D eigenvalue weighted by Crippen LogP contribution is 2.23. The lowest BCUT2D eigenvalue weighted by Crippen LogP contribution is -2.18. The highest BCUT2D eigenvalue weighted by molar-refractivity contribution is 9.10. The molecule has 2 rings (SSSR count). The number of nitrogens with one attached hydrogen (secondary N) is 1. The molecule has 0 aliphatic rings. The molecule has 0 aromatic heterocycles. The van der Waals surface area contributed by atoms with Gasteiger partial charge in [0.05, 0.1) is 12.4 Å².